The molecule has 0 unspecified atom stereocenters. The molecule has 1 aliphatic rings. The van der Waals surface area contributed by atoms with Crippen LogP contribution in [0.1, 0.15) is 13.8 Å². The zero-order valence-electron chi connectivity index (χ0n) is 12.2. The molecule has 5 heteroatoms. The molecular weight excluding hydrogens is 254 g/mol. The summed E-state index contributed by atoms with van der Waals surface area (Å²) in [5.41, 5.74) is 5.77. The van der Waals surface area contributed by atoms with Gasteiger partial charge in [0.15, 0.2) is 0 Å². The average molecular weight is 277 g/mol. The van der Waals surface area contributed by atoms with E-state index in [-0.39, 0.29) is 11.6 Å². The molecule has 0 saturated carbocycles. The maximum Gasteiger partial charge on any atom is 0.415 e. The molecule has 0 spiro atoms. The van der Waals surface area contributed by atoms with E-state index in [2.05, 4.69) is 18.7 Å². The van der Waals surface area contributed by atoms with Gasteiger partial charge in [0.05, 0.1) is 0 Å². The molecular formula is C15H23N3O2. The van der Waals surface area contributed by atoms with Crippen molar-refractivity contribution < 1.29 is 9.53 Å². The smallest absolute Gasteiger partial charge is 0.410 e. The molecule has 5 nitrogen and oxygen atoms in total. The Balaban J connectivity index is 1.86. The molecule has 0 atom stereocenters. The Labute approximate surface area is 120 Å². The van der Waals surface area contributed by atoms with Crippen LogP contribution in [0, 0.1) is 0 Å². The van der Waals surface area contributed by atoms with E-state index in [4.69, 9.17) is 10.5 Å². The summed E-state index contributed by atoms with van der Waals surface area (Å²) < 4.78 is 5.34. The van der Waals surface area contributed by atoms with E-state index in [1.165, 1.54) is 0 Å². The highest BCUT2D eigenvalue weighted by Crippen LogP contribution is 2.17. The molecule has 0 radical (unpaired) electrons. The maximum absolute atomic E-state index is 12.1. The first-order valence-corrected chi connectivity index (χ1v) is 7.00. The van der Waals surface area contributed by atoms with E-state index in [1.54, 1.807) is 17.0 Å². The standard InChI is InChI=1S/C15H23N3O2/c1-15(2,12-16)18-10-8-17(9-11-18)14(19)20-13-6-4-3-5-7-13/h3-7H,8-12,16H2,1-2H3. The fourth-order valence-electron chi connectivity index (χ4n) is 2.28. The SMILES string of the molecule is CC(C)(CN)N1CCN(C(=O)Oc2ccccc2)CC1. The normalized spacial score (nSPS) is 17.1. The van der Waals surface area contributed by atoms with Gasteiger partial charge >= 0.3 is 6.09 Å². The van der Waals surface area contributed by atoms with Crippen LogP contribution in [-0.2, 0) is 0 Å². The summed E-state index contributed by atoms with van der Waals surface area (Å²) in [6, 6.07) is 9.16. The topological polar surface area (TPSA) is 58.8 Å². The van der Waals surface area contributed by atoms with Crippen LogP contribution in [0.2, 0.25) is 0 Å². The van der Waals surface area contributed by atoms with Gasteiger partial charge in [-0.15, -0.1) is 0 Å². The molecule has 0 bridgehead atoms. The van der Waals surface area contributed by atoms with Crippen LogP contribution in [0.4, 0.5) is 4.79 Å². The third kappa shape index (κ3) is 3.49. The van der Waals surface area contributed by atoms with Crippen molar-refractivity contribution in [1.82, 2.24) is 9.80 Å². The third-order valence-corrected chi connectivity index (χ3v) is 3.84. The van der Waals surface area contributed by atoms with Crippen molar-refractivity contribution in [2.45, 2.75) is 19.4 Å². The van der Waals surface area contributed by atoms with Crippen molar-refractivity contribution in [1.29, 1.82) is 0 Å². The molecule has 1 amide bonds. The molecule has 1 aromatic rings. The molecule has 1 heterocycles. The van der Waals surface area contributed by atoms with Crippen molar-refractivity contribution in [2.75, 3.05) is 32.7 Å². The Bertz CT molecular complexity index is 440. The van der Waals surface area contributed by atoms with Crippen LogP contribution in [-0.4, -0.2) is 54.2 Å². The molecule has 2 N–H and O–H groups in total. The number of amides is 1. The average Bonchev–Trinajstić information content (AvgIpc) is 2.48. The van der Waals surface area contributed by atoms with Gasteiger partial charge in [-0.3, -0.25) is 4.90 Å². The summed E-state index contributed by atoms with van der Waals surface area (Å²) in [5, 5.41) is 0. The molecule has 1 fully saturated rings. The number of para-hydroxylation sites is 1. The predicted octanol–water partition coefficient (Wildman–Crippen LogP) is 1.54. The van der Waals surface area contributed by atoms with E-state index >= 15 is 0 Å². The number of benzene rings is 1. The van der Waals surface area contributed by atoms with Gasteiger partial charge < -0.3 is 15.4 Å². The van der Waals surface area contributed by atoms with Crippen molar-refractivity contribution in [3.8, 4) is 5.75 Å². The zero-order valence-corrected chi connectivity index (χ0v) is 12.2. The van der Waals surface area contributed by atoms with E-state index in [0.717, 1.165) is 13.1 Å². The van der Waals surface area contributed by atoms with Gasteiger partial charge in [0.1, 0.15) is 5.75 Å². The van der Waals surface area contributed by atoms with Crippen LogP contribution >= 0.6 is 0 Å². The van der Waals surface area contributed by atoms with Gasteiger partial charge in [0.25, 0.3) is 0 Å². The minimum Gasteiger partial charge on any atom is -0.410 e. The van der Waals surface area contributed by atoms with E-state index in [0.29, 0.717) is 25.4 Å². The first-order chi connectivity index (χ1) is 9.53. The lowest BCUT2D eigenvalue weighted by Gasteiger charge is -2.43. The number of piperazine rings is 1. The largest absolute Gasteiger partial charge is 0.415 e. The molecule has 1 saturated heterocycles. The van der Waals surface area contributed by atoms with Crippen molar-refractivity contribution in [3.63, 3.8) is 0 Å². The number of hydrogen-bond donors (Lipinski definition) is 1. The lowest BCUT2D eigenvalue weighted by atomic mass is 10.0. The fourth-order valence-corrected chi connectivity index (χ4v) is 2.28. The monoisotopic (exact) mass is 277 g/mol. The van der Waals surface area contributed by atoms with Crippen LogP contribution in [0.3, 0.4) is 0 Å². The number of nitrogens with two attached hydrogens (primary N) is 1. The predicted molar refractivity (Wildman–Crippen MR) is 78.7 cm³/mol. The Kier molecular flexibility index (Phi) is 4.62. The second-order valence-electron chi connectivity index (χ2n) is 5.67. The summed E-state index contributed by atoms with van der Waals surface area (Å²) in [6.45, 7) is 7.88. The Morgan fingerprint density at radius 2 is 1.80 bits per heavy atom. The number of carbonyl (C=O) groups excluding carboxylic acids is 1. The van der Waals surface area contributed by atoms with Crippen molar-refractivity contribution in [3.05, 3.63) is 30.3 Å². The molecule has 0 aromatic heterocycles. The fraction of sp³-hybridized carbons (Fsp3) is 0.533. The Morgan fingerprint density at radius 1 is 1.20 bits per heavy atom. The third-order valence-electron chi connectivity index (χ3n) is 3.84. The molecule has 0 aliphatic carbocycles. The lowest BCUT2D eigenvalue weighted by molar-refractivity contribution is 0.0577. The highest BCUT2D eigenvalue weighted by molar-refractivity contribution is 5.70. The Morgan fingerprint density at radius 3 is 2.35 bits per heavy atom. The maximum atomic E-state index is 12.1. The van der Waals surface area contributed by atoms with Crippen molar-refractivity contribution >= 4 is 6.09 Å². The minimum absolute atomic E-state index is 0.0184. The summed E-state index contributed by atoms with van der Waals surface area (Å²) in [7, 11) is 0. The molecule has 110 valence electrons. The second kappa shape index (κ2) is 6.24. The molecule has 20 heavy (non-hydrogen) atoms. The first kappa shape index (κ1) is 14.8. The van der Waals surface area contributed by atoms with Gasteiger partial charge in [-0.1, -0.05) is 18.2 Å². The quantitative estimate of drug-likeness (QED) is 0.910. The number of ether oxygens (including phenoxy) is 1. The number of hydrogen-bond acceptors (Lipinski definition) is 4. The van der Waals surface area contributed by atoms with Crippen LogP contribution in [0.25, 0.3) is 0 Å². The van der Waals surface area contributed by atoms with Crippen LogP contribution in [0.5, 0.6) is 5.75 Å². The first-order valence-electron chi connectivity index (χ1n) is 7.00. The van der Waals surface area contributed by atoms with Crippen LogP contribution in [0.15, 0.2) is 30.3 Å². The van der Waals surface area contributed by atoms with E-state index in [9.17, 15) is 4.79 Å². The Hall–Kier alpha value is -1.59. The minimum atomic E-state index is -0.276. The summed E-state index contributed by atoms with van der Waals surface area (Å²) in [4.78, 5) is 16.1. The molecule has 1 aromatic carbocycles. The summed E-state index contributed by atoms with van der Waals surface area (Å²) >= 11 is 0. The van der Waals surface area contributed by atoms with Gasteiger partial charge in [0, 0.05) is 38.3 Å². The number of carbonyl (C=O) groups is 1. The van der Waals surface area contributed by atoms with Gasteiger partial charge in [-0.25, -0.2) is 4.79 Å². The highest BCUT2D eigenvalue weighted by Gasteiger charge is 2.30. The van der Waals surface area contributed by atoms with Gasteiger partial charge in [-0.2, -0.15) is 0 Å². The molecule has 2 rings (SSSR count). The highest BCUT2D eigenvalue weighted by atomic mass is 16.6. The number of nitrogens with zero attached hydrogens (tertiary/aromatic N) is 2. The number of rotatable bonds is 3. The summed E-state index contributed by atoms with van der Waals surface area (Å²) in [6.07, 6.45) is -0.276. The van der Waals surface area contributed by atoms with Gasteiger partial charge in [-0.05, 0) is 26.0 Å². The van der Waals surface area contributed by atoms with E-state index in [1.807, 2.05) is 18.2 Å². The summed E-state index contributed by atoms with van der Waals surface area (Å²) in [5.74, 6) is 0.585. The second-order valence-corrected chi connectivity index (χ2v) is 5.67. The zero-order chi connectivity index (χ0) is 14.6. The molecule has 1 aliphatic heterocycles. The van der Waals surface area contributed by atoms with Crippen LogP contribution < -0.4 is 10.5 Å². The van der Waals surface area contributed by atoms with Gasteiger partial charge in [0.2, 0.25) is 0 Å². The lowest BCUT2D eigenvalue weighted by Crippen LogP contribution is -2.58. The van der Waals surface area contributed by atoms with E-state index < -0.39 is 0 Å². The van der Waals surface area contributed by atoms with Crippen molar-refractivity contribution in [2.24, 2.45) is 5.73 Å².